The summed E-state index contributed by atoms with van der Waals surface area (Å²) in [5, 5.41) is 9.16. The molecule has 30 heavy (non-hydrogen) atoms. The van der Waals surface area contributed by atoms with Crippen molar-refractivity contribution in [1.29, 1.82) is 0 Å². The Kier molecular flexibility index (Phi) is 6.21. The lowest BCUT2D eigenvalue weighted by molar-refractivity contribution is 0.0820. The van der Waals surface area contributed by atoms with E-state index in [1.54, 1.807) is 19.0 Å². The average Bonchev–Trinajstić information content (AvgIpc) is 3.11. The highest BCUT2D eigenvalue weighted by atomic mass is 35.5. The third-order valence-corrected chi connectivity index (χ3v) is 6.04. The van der Waals surface area contributed by atoms with Crippen molar-refractivity contribution in [3.05, 3.63) is 87.7 Å². The van der Waals surface area contributed by atoms with E-state index in [-0.39, 0.29) is 11.9 Å². The first-order chi connectivity index (χ1) is 14.5. The fraction of sp³-hybridized carbons (Fsp3) is 0.333. The Morgan fingerprint density at radius 1 is 1.17 bits per heavy atom. The number of hydrogen-bond donors (Lipinski definition) is 1. The molecule has 1 heterocycles. The average molecular weight is 423 g/mol. The number of fused-ring (bicyclic) bond motifs is 1. The third kappa shape index (κ3) is 4.42. The van der Waals surface area contributed by atoms with E-state index in [4.69, 9.17) is 16.7 Å². The van der Waals surface area contributed by atoms with E-state index in [2.05, 4.69) is 17.4 Å². The molecule has 1 atom stereocenters. The van der Waals surface area contributed by atoms with Gasteiger partial charge in [-0.15, -0.1) is 0 Å². The fourth-order valence-electron chi connectivity index (χ4n) is 4.03. The predicted octanol–water partition coefficient (Wildman–Crippen LogP) is 3.93. The highest BCUT2D eigenvalue weighted by molar-refractivity contribution is 6.31. The first kappa shape index (κ1) is 20.6. The van der Waals surface area contributed by atoms with Crippen LogP contribution in [0.3, 0.4) is 0 Å². The number of rotatable bonds is 6. The van der Waals surface area contributed by atoms with Crippen LogP contribution in [0, 0.1) is 0 Å². The van der Waals surface area contributed by atoms with Gasteiger partial charge in [-0.05, 0) is 36.5 Å². The van der Waals surface area contributed by atoms with Crippen LogP contribution in [-0.4, -0.2) is 40.7 Å². The number of halogens is 1. The minimum atomic E-state index is -0.0372. The van der Waals surface area contributed by atoms with Crippen LogP contribution in [0.15, 0.2) is 54.6 Å². The second-order valence-electron chi connectivity index (χ2n) is 8.03. The zero-order valence-electron chi connectivity index (χ0n) is 17.4. The molecule has 0 saturated heterocycles. The van der Waals surface area contributed by atoms with Crippen molar-refractivity contribution in [2.75, 3.05) is 14.1 Å². The molecule has 0 unspecified atom stereocenters. The second kappa shape index (κ2) is 9.02. The van der Waals surface area contributed by atoms with Gasteiger partial charge < -0.3 is 10.2 Å². The smallest absolute Gasteiger partial charge is 0.274 e. The number of nitrogens with one attached hydrogen (secondary N) is 1. The predicted molar refractivity (Wildman–Crippen MR) is 120 cm³/mol. The molecule has 1 amide bonds. The Morgan fingerprint density at radius 3 is 2.63 bits per heavy atom. The van der Waals surface area contributed by atoms with Gasteiger partial charge in [0, 0.05) is 43.0 Å². The SMILES string of the molecule is CN(C)C(=O)c1nn(Cc2ccccc2)c2c1C[C@H](NCc1ccccc1Cl)CC2. The summed E-state index contributed by atoms with van der Waals surface area (Å²) in [7, 11) is 3.56. The molecule has 0 saturated carbocycles. The quantitative estimate of drug-likeness (QED) is 0.654. The van der Waals surface area contributed by atoms with Crippen LogP contribution in [0.2, 0.25) is 5.02 Å². The Labute approximate surface area is 182 Å². The van der Waals surface area contributed by atoms with E-state index < -0.39 is 0 Å². The zero-order chi connectivity index (χ0) is 21.1. The van der Waals surface area contributed by atoms with Crippen LogP contribution in [0.5, 0.6) is 0 Å². The van der Waals surface area contributed by atoms with Gasteiger partial charge in [-0.2, -0.15) is 5.10 Å². The number of carbonyl (C=O) groups is 1. The zero-order valence-corrected chi connectivity index (χ0v) is 18.2. The van der Waals surface area contributed by atoms with Gasteiger partial charge in [0.25, 0.3) is 5.91 Å². The van der Waals surface area contributed by atoms with Gasteiger partial charge in [0.2, 0.25) is 0 Å². The van der Waals surface area contributed by atoms with Crippen LogP contribution >= 0.6 is 11.6 Å². The van der Waals surface area contributed by atoms with Gasteiger partial charge in [0.05, 0.1) is 6.54 Å². The van der Waals surface area contributed by atoms with Crippen LogP contribution in [0.4, 0.5) is 0 Å². The Morgan fingerprint density at radius 2 is 1.90 bits per heavy atom. The minimum Gasteiger partial charge on any atom is -0.343 e. The Bertz CT molecular complexity index is 1030. The minimum absolute atomic E-state index is 0.0372. The summed E-state index contributed by atoms with van der Waals surface area (Å²) in [6.07, 6.45) is 2.70. The lowest BCUT2D eigenvalue weighted by atomic mass is 9.91. The van der Waals surface area contributed by atoms with Gasteiger partial charge in [0.1, 0.15) is 0 Å². The van der Waals surface area contributed by atoms with Gasteiger partial charge >= 0.3 is 0 Å². The van der Waals surface area contributed by atoms with Crippen molar-refractivity contribution >= 4 is 17.5 Å². The van der Waals surface area contributed by atoms with Crippen molar-refractivity contribution in [3.63, 3.8) is 0 Å². The van der Waals surface area contributed by atoms with Crippen LogP contribution in [0.25, 0.3) is 0 Å². The van der Waals surface area contributed by atoms with E-state index in [0.717, 1.165) is 42.0 Å². The molecule has 4 rings (SSSR count). The summed E-state index contributed by atoms with van der Waals surface area (Å²) in [6, 6.07) is 18.5. The maximum absolute atomic E-state index is 12.8. The highest BCUT2D eigenvalue weighted by Gasteiger charge is 2.29. The molecule has 0 spiro atoms. The topological polar surface area (TPSA) is 50.2 Å². The van der Waals surface area contributed by atoms with E-state index in [1.165, 1.54) is 11.3 Å². The first-order valence-corrected chi connectivity index (χ1v) is 10.7. The third-order valence-electron chi connectivity index (χ3n) is 5.67. The molecular weight excluding hydrogens is 396 g/mol. The van der Waals surface area contributed by atoms with Crippen molar-refractivity contribution in [2.24, 2.45) is 0 Å². The number of hydrogen-bond acceptors (Lipinski definition) is 3. The largest absolute Gasteiger partial charge is 0.343 e. The first-order valence-electron chi connectivity index (χ1n) is 10.3. The van der Waals surface area contributed by atoms with Crippen molar-refractivity contribution in [3.8, 4) is 0 Å². The molecule has 156 valence electrons. The number of carbonyl (C=O) groups excluding carboxylic acids is 1. The number of nitrogens with zero attached hydrogens (tertiary/aromatic N) is 3. The molecule has 3 aromatic rings. The molecule has 1 N–H and O–H groups in total. The maximum Gasteiger partial charge on any atom is 0.274 e. The van der Waals surface area contributed by atoms with Crippen LogP contribution in [0.1, 0.15) is 39.3 Å². The summed E-state index contributed by atoms with van der Waals surface area (Å²) in [4.78, 5) is 14.4. The van der Waals surface area contributed by atoms with E-state index in [0.29, 0.717) is 12.2 Å². The Balaban J connectivity index is 1.56. The fourth-order valence-corrected chi connectivity index (χ4v) is 4.23. The lowest BCUT2D eigenvalue weighted by Gasteiger charge is -2.25. The van der Waals surface area contributed by atoms with Crippen molar-refractivity contribution < 1.29 is 4.79 Å². The summed E-state index contributed by atoms with van der Waals surface area (Å²) in [6.45, 7) is 1.40. The van der Waals surface area contributed by atoms with Gasteiger partial charge in [-0.3, -0.25) is 9.48 Å². The van der Waals surface area contributed by atoms with Gasteiger partial charge in [-0.1, -0.05) is 60.1 Å². The number of benzene rings is 2. The molecule has 6 heteroatoms. The molecular formula is C24H27ClN4O. The number of amides is 1. The summed E-state index contributed by atoms with van der Waals surface area (Å²) in [5.74, 6) is -0.0372. The highest BCUT2D eigenvalue weighted by Crippen LogP contribution is 2.27. The molecule has 0 radical (unpaired) electrons. The lowest BCUT2D eigenvalue weighted by Crippen LogP contribution is -2.35. The second-order valence-corrected chi connectivity index (χ2v) is 8.44. The number of aromatic nitrogens is 2. The van der Waals surface area contributed by atoms with Gasteiger partial charge in [0.15, 0.2) is 5.69 Å². The molecule has 5 nitrogen and oxygen atoms in total. The van der Waals surface area contributed by atoms with Crippen LogP contribution in [-0.2, 0) is 25.9 Å². The van der Waals surface area contributed by atoms with Gasteiger partial charge in [-0.25, -0.2) is 0 Å². The normalized spacial score (nSPS) is 15.6. The molecule has 1 aromatic heterocycles. The van der Waals surface area contributed by atoms with Crippen molar-refractivity contribution in [2.45, 2.75) is 38.4 Å². The summed E-state index contributed by atoms with van der Waals surface area (Å²) in [5.41, 5.74) is 5.11. The molecule has 0 bridgehead atoms. The van der Waals surface area contributed by atoms with E-state index >= 15 is 0 Å². The summed E-state index contributed by atoms with van der Waals surface area (Å²) >= 11 is 6.30. The molecule has 1 aliphatic carbocycles. The van der Waals surface area contributed by atoms with Crippen LogP contribution < -0.4 is 5.32 Å². The molecule has 1 aliphatic rings. The molecule has 0 fully saturated rings. The van der Waals surface area contributed by atoms with E-state index in [9.17, 15) is 4.79 Å². The molecule has 0 aliphatic heterocycles. The molecule has 2 aromatic carbocycles. The monoisotopic (exact) mass is 422 g/mol. The maximum atomic E-state index is 12.8. The van der Waals surface area contributed by atoms with E-state index in [1.807, 2.05) is 47.1 Å². The Hall–Kier alpha value is -2.63. The van der Waals surface area contributed by atoms with Crippen molar-refractivity contribution in [1.82, 2.24) is 20.0 Å². The summed E-state index contributed by atoms with van der Waals surface area (Å²) < 4.78 is 2.02. The standard InChI is InChI=1S/C24H27ClN4O/c1-28(2)24(30)23-20-14-19(26-15-18-10-6-7-11-21(18)25)12-13-22(20)29(27-23)16-17-8-4-3-5-9-17/h3-11,19,26H,12-16H2,1-2H3/t19-/m1/s1.